The number of aryl methyl sites for hydroxylation is 1. The second-order valence-electron chi connectivity index (χ2n) is 4.00. The van der Waals surface area contributed by atoms with E-state index in [0.29, 0.717) is 18.0 Å². The van der Waals surface area contributed by atoms with Crippen LogP contribution in [-0.2, 0) is 11.2 Å². The van der Waals surface area contributed by atoms with E-state index in [0.717, 1.165) is 16.9 Å². The van der Waals surface area contributed by atoms with Gasteiger partial charge in [-0.3, -0.25) is 4.79 Å². The zero-order valence-electron chi connectivity index (χ0n) is 10.7. The summed E-state index contributed by atoms with van der Waals surface area (Å²) in [6.45, 7) is 2.36. The van der Waals surface area contributed by atoms with Gasteiger partial charge in [-0.1, -0.05) is 11.6 Å². The summed E-state index contributed by atoms with van der Waals surface area (Å²) in [5.41, 5.74) is 1.88. The molecule has 1 rings (SSSR count). The van der Waals surface area contributed by atoms with Crippen molar-refractivity contribution in [2.45, 2.75) is 13.3 Å². The number of methoxy groups -OCH3 is 1. The molecule has 0 fully saturated rings. The Kier molecular flexibility index (Phi) is 4.99. The summed E-state index contributed by atoms with van der Waals surface area (Å²) in [7, 11) is 3.19. The summed E-state index contributed by atoms with van der Waals surface area (Å²) >= 11 is 6.00. The van der Waals surface area contributed by atoms with Crippen molar-refractivity contribution in [1.29, 1.82) is 5.26 Å². The molecular weight excluding hydrogens is 252 g/mol. The number of hydrogen-bond donors (Lipinski definition) is 0. The Morgan fingerprint density at radius 1 is 1.56 bits per heavy atom. The summed E-state index contributed by atoms with van der Waals surface area (Å²) in [5.74, 6) is 0.227. The lowest BCUT2D eigenvalue weighted by Gasteiger charge is -2.16. The molecule has 0 radical (unpaired) electrons. The molecule has 4 nitrogen and oxygen atoms in total. The first kappa shape index (κ1) is 14.3. The number of halogens is 1. The van der Waals surface area contributed by atoms with Crippen molar-refractivity contribution in [3.05, 3.63) is 28.3 Å². The highest BCUT2D eigenvalue weighted by atomic mass is 35.5. The van der Waals surface area contributed by atoms with E-state index in [2.05, 4.69) is 0 Å². The summed E-state index contributed by atoms with van der Waals surface area (Å²) in [5, 5.41) is 9.14. The molecule has 0 aliphatic carbocycles. The number of nitriles is 1. The third-order valence-electron chi connectivity index (χ3n) is 2.68. The standard InChI is InChI=1S/C13H15ClN2O2/c1-9-6-11(14)7-10(13(9)18-3)4-5-16(2)12(17)8-15/h6-7H,4-5H2,1-3H3. The van der Waals surface area contributed by atoms with Crippen LogP contribution < -0.4 is 4.74 Å². The van der Waals surface area contributed by atoms with Crippen molar-refractivity contribution in [3.8, 4) is 11.8 Å². The van der Waals surface area contributed by atoms with Gasteiger partial charge in [0.1, 0.15) is 5.75 Å². The molecule has 0 heterocycles. The normalized spacial score (nSPS) is 9.72. The maximum atomic E-state index is 11.1. The molecular formula is C13H15ClN2O2. The molecule has 18 heavy (non-hydrogen) atoms. The van der Waals surface area contributed by atoms with Crippen LogP contribution in [0, 0.1) is 18.3 Å². The largest absolute Gasteiger partial charge is 0.496 e. The molecule has 5 heteroatoms. The zero-order chi connectivity index (χ0) is 13.7. The summed E-state index contributed by atoms with van der Waals surface area (Å²) in [4.78, 5) is 12.5. The minimum absolute atomic E-state index is 0.447. The molecule has 0 aromatic heterocycles. The van der Waals surface area contributed by atoms with Crippen LogP contribution in [-0.4, -0.2) is 31.5 Å². The Labute approximate surface area is 112 Å². The second-order valence-corrected chi connectivity index (χ2v) is 4.44. The third kappa shape index (κ3) is 3.38. The highest BCUT2D eigenvalue weighted by molar-refractivity contribution is 6.30. The minimum atomic E-state index is -0.548. The van der Waals surface area contributed by atoms with Crippen LogP contribution in [0.15, 0.2) is 12.1 Å². The van der Waals surface area contributed by atoms with Gasteiger partial charge in [-0.15, -0.1) is 0 Å². The smallest absolute Gasteiger partial charge is 0.324 e. The van der Waals surface area contributed by atoms with E-state index in [1.165, 1.54) is 4.90 Å². The topological polar surface area (TPSA) is 53.3 Å². The molecule has 0 aliphatic heterocycles. The molecule has 1 aromatic rings. The molecule has 0 bridgehead atoms. The molecule has 1 amide bonds. The number of hydrogen-bond acceptors (Lipinski definition) is 3. The van der Waals surface area contributed by atoms with Gasteiger partial charge in [0.05, 0.1) is 7.11 Å². The van der Waals surface area contributed by atoms with Crippen LogP contribution in [0.4, 0.5) is 0 Å². The maximum Gasteiger partial charge on any atom is 0.324 e. The predicted molar refractivity (Wildman–Crippen MR) is 69.7 cm³/mol. The highest BCUT2D eigenvalue weighted by Gasteiger charge is 2.11. The van der Waals surface area contributed by atoms with Crippen molar-refractivity contribution in [1.82, 2.24) is 4.90 Å². The van der Waals surface area contributed by atoms with Crippen LogP contribution in [0.1, 0.15) is 11.1 Å². The van der Waals surface area contributed by atoms with Gasteiger partial charge in [0.25, 0.3) is 0 Å². The van der Waals surface area contributed by atoms with Crippen LogP contribution in [0.25, 0.3) is 0 Å². The molecule has 0 saturated heterocycles. The zero-order valence-corrected chi connectivity index (χ0v) is 11.4. The van der Waals surface area contributed by atoms with Gasteiger partial charge in [-0.05, 0) is 36.6 Å². The molecule has 0 saturated carbocycles. The van der Waals surface area contributed by atoms with Crippen molar-refractivity contribution < 1.29 is 9.53 Å². The van der Waals surface area contributed by atoms with Gasteiger partial charge in [0.15, 0.2) is 6.07 Å². The number of likely N-dealkylation sites (N-methyl/N-ethyl adjacent to an activating group) is 1. The predicted octanol–water partition coefficient (Wildman–Crippen LogP) is 2.18. The van der Waals surface area contributed by atoms with E-state index in [-0.39, 0.29) is 0 Å². The van der Waals surface area contributed by atoms with Gasteiger partial charge in [0.2, 0.25) is 0 Å². The van der Waals surface area contributed by atoms with Crippen molar-refractivity contribution >= 4 is 17.5 Å². The van der Waals surface area contributed by atoms with Crippen LogP contribution >= 0.6 is 11.6 Å². The SMILES string of the molecule is COc1c(C)cc(Cl)cc1CCN(C)C(=O)C#N. The van der Waals surface area contributed by atoms with E-state index >= 15 is 0 Å². The monoisotopic (exact) mass is 266 g/mol. The number of rotatable bonds is 4. The van der Waals surface area contributed by atoms with Crippen LogP contribution in [0.5, 0.6) is 5.75 Å². The van der Waals surface area contributed by atoms with E-state index in [4.69, 9.17) is 21.6 Å². The van der Waals surface area contributed by atoms with Crippen molar-refractivity contribution in [3.63, 3.8) is 0 Å². The Balaban J connectivity index is 2.85. The first-order valence-electron chi connectivity index (χ1n) is 5.47. The van der Waals surface area contributed by atoms with Crippen molar-refractivity contribution in [2.24, 2.45) is 0 Å². The second kappa shape index (κ2) is 6.27. The quantitative estimate of drug-likeness (QED) is 0.785. The maximum absolute atomic E-state index is 11.1. The number of carbonyl (C=O) groups excluding carboxylic acids is 1. The Morgan fingerprint density at radius 2 is 2.22 bits per heavy atom. The van der Waals surface area contributed by atoms with Gasteiger partial charge in [-0.2, -0.15) is 5.26 Å². The van der Waals surface area contributed by atoms with Gasteiger partial charge in [0, 0.05) is 18.6 Å². The van der Waals surface area contributed by atoms with E-state index < -0.39 is 5.91 Å². The molecule has 0 N–H and O–H groups in total. The van der Waals surface area contributed by atoms with E-state index in [9.17, 15) is 4.79 Å². The fraction of sp³-hybridized carbons (Fsp3) is 0.385. The third-order valence-corrected chi connectivity index (χ3v) is 2.90. The van der Waals surface area contributed by atoms with Crippen LogP contribution in [0.2, 0.25) is 5.02 Å². The number of ether oxygens (including phenoxy) is 1. The van der Waals surface area contributed by atoms with E-state index in [1.807, 2.05) is 19.1 Å². The van der Waals surface area contributed by atoms with Gasteiger partial charge < -0.3 is 9.64 Å². The first-order valence-corrected chi connectivity index (χ1v) is 5.85. The molecule has 0 atom stereocenters. The first-order chi connectivity index (χ1) is 8.49. The number of benzene rings is 1. The lowest BCUT2D eigenvalue weighted by Crippen LogP contribution is -2.27. The Hall–Kier alpha value is -1.73. The summed E-state index contributed by atoms with van der Waals surface area (Å²) in [6.07, 6.45) is 0.592. The molecule has 0 spiro atoms. The van der Waals surface area contributed by atoms with Crippen LogP contribution in [0.3, 0.4) is 0 Å². The number of carbonyl (C=O) groups is 1. The molecule has 0 aliphatic rings. The Bertz CT molecular complexity index is 494. The fourth-order valence-corrected chi connectivity index (χ4v) is 2.05. The molecule has 0 unspecified atom stereocenters. The van der Waals surface area contributed by atoms with Crippen molar-refractivity contribution in [2.75, 3.05) is 20.7 Å². The molecule has 96 valence electrons. The average molecular weight is 267 g/mol. The molecule has 1 aromatic carbocycles. The minimum Gasteiger partial charge on any atom is -0.496 e. The van der Waals surface area contributed by atoms with Gasteiger partial charge >= 0.3 is 5.91 Å². The lowest BCUT2D eigenvalue weighted by atomic mass is 10.1. The fourth-order valence-electron chi connectivity index (χ4n) is 1.75. The van der Waals surface area contributed by atoms with E-state index in [1.54, 1.807) is 20.2 Å². The summed E-state index contributed by atoms with van der Waals surface area (Å²) < 4.78 is 5.32. The number of nitrogens with zero attached hydrogens (tertiary/aromatic N) is 2. The van der Waals surface area contributed by atoms with Gasteiger partial charge in [-0.25, -0.2) is 0 Å². The number of amides is 1. The summed E-state index contributed by atoms with van der Waals surface area (Å²) in [6, 6.07) is 5.23. The lowest BCUT2D eigenvalue weighted by molar-refractivity contribution is -0.124. The highest BCUT2D eigenvalue weighted by Crippen LogP contribution is 2.27. The Morgan fingerprint density at radius 3 is 2.78 bits per heavy atom. The average Bonchev–Trinajstić information content (AvgIpc) is 2.34.